The Morgan fingerprint density at radius 2 is 1.92 bits per heavy atom. The topological polar surface area (TPSA) is 131 Å². The highest BCUT2D eigenvalue weighted by molar-refractivity contribution is 6.34. The van der Waals surface area contributed by atoms with Crippen LogP contribution in [0.3, 0.4) is 0 Å². The number of aromatic nitrogens is 4. The number of amides is 2. The van der Waals surface area contributed by atoms with Crippen LogP contribution in [-0.4, -0.2) is 55.5 Å². The number of nitrogens with one attached hydrogen (secondary N) is 2. The van der Waals surface area contributed by atoms with E-state index in [2.05, 4.69) is 20.8 Å². The van der Waals surface area contributed by atoms with Gasteiger partial charge in [-0.15, -0.1) is 0 Å². The Morgan fingerprint density at radius 3 is 2.46 bits per heavy atom. The van der Waals surface area contributed by atoms with Crippen LogP contribution in [0.25, 0.3) is 0 Å². The minimum absolute atomic E-state index is 0.129. The average molecular weight is 383 g/mol. The number of aryl methyl sites for hydroxylation is 1. The largest absolute Gasteiger partial charge is 0.476 e. The van der Waals surface area contributed by atoms with Crippen molar-refractivity contribution in [1.82, 2.24) is 30.2 Å². The minimum Gasteiger partial charge on any atom is -0.476 e. The molecule has 0 saturated carbocycles. The molecular weight excluding hydrogens is 364 g/mol. The summed E-state index contributed by atoms with van der Waals surface area (Å²) < 4.78 is 2.77. The third-order valence-electron chi connectivity index (χ3n) is 3.79. The second-order valence-electron chi connectivity index (χ2n) is 5.58. The van der Waals surface area contributed by atoms with Crippen molar-refractivity contribution < 1.29 is 19.5 Å². The molecule has 0 radical (unpaired) electrons. The van der Waals surface area contributed by atoms with Crippen molar-refractivity contribution >= 4 is 29.4 Å². The van der Waals surface area contributed by atoms with Gasteiger partial charge in [0, 0.05) is 26.3 Å². The molecule has 0 bridgehead atoms. The standard InChI is InChI=1S/C15H19ClN6O4/c1-8-11(16)12(20-21(8)3)14(24)18-6-5-17-13(23)9(2)22-7-4-10(19-22)15(25)26/h4,7,9H,5-6H2,1-3H3,(H,17,23)(H,18,24)(H,25,26). The van der Waals surface area contributed by atoms with Crippen molar-refractivity contribution in [1.29, 1.82) is 0 Å². The Kier molecular flexibility index (Phi) is 5.98. The summed E-state index contributed by atoms with van der Waals surface area (Å²) in [4.78, 5) is 34.9. The van der Waals surface area contributed by atoms with E-state index in [1.54, 1.807) is 20.9 Å². The number of nitrogens with zero attached hydrogens (tertiary/aromatic N) is 4. The van der Waals surface area contributed by atoms with Crippen molar-refractivity contribution in [2.24, 2.45) is 7.05 Å². The van der Waals surface area contributed by atoms with E-state index >= 15 is 0 Å². The van der Waals surface area contributed by atoms with Crippen LogP contribution in [0.2, 0.25) is 5.02 Å². The number of carboxylic acid groups (broad SMARTS) is 1. The van der Waals surface area contributed by atoms with Gasteiger partial charge in [-0.25, -0.2) is 4.79 Å². The van der Waals surface area contributed by atoms with Crippen LogP contribution in [0, 0.1) is 6.92 Å². The molecule has 140 valence electrons. The summed E-state index contributed by atoms with van der Waals surface area (Å²) in [6, 6.07) is 0.622. The lowest BCUT2D eigenvalue weighted by atomic mass is 10.3. The normalized spacial score (nSPS) is 11.8. The maximum atomic E-state index is 12.1. The molecule has 2 aromatic rings. The van der Waals surface area contributed by atoms with E-state index < -0.39 is 17.9 Å². The lowest BCUT2D eigenvalue weighted by Gasteiger charge is -2.12. The Bertz CT molecular complexity index is 843. The number of aromatic carboxylic acids is 1. The Balaban J connectivity index is 1.81. The molecule has 0 saturated heterocycles. The molecular formula is C15H19ClN6O4. The van der Waals surface area contributed by atoms with Crippen LogP contribution in [0.15, 0.2) is 12.3 Å². The van der Waals surface area contributed by atoms with E-state index in [1.807, 2.05) is 0 Å². The van der Waals surface area contributed by atoms with Gasteiger partial charge in [0.15, 0.2) is 11.4 Å². The van der Waals surface area contributed by atoms with Gasteiger partial charge in [0.1, 0.15) is 6.04 Å². The Labute approximate surface area is 154 Å². The molecule has 10 nitrogen and oxygen atoms in total. The van der Waals surface area contributed by atoms with Crippen molar-refractivity contribution in [2.45, 2.75) is 19.9 Å². The summed E-state index contributed by atoms with van der Waals surface area (Å²) >= 11 is 6.04. The van der Waals surface area contributed by atoms with Gasteiger partial charge in [-0.05, 0) is 19.9 Å². The highest BCUT2D eigenvalue weighted by Gasteiger charge is 2.19. The predicted molar refractivity (Wildman–Crippen MR) is 92.2 cm³/mol. The van der Waals surface area contributed by atoms with Gasteiger partial charge in [0.25, 0.3) is 5.91 Å². The average Bonchev–Trinajstić information content (AvgIpc) is 3.19. The second kappa shape index (κ2) is 8.00. The molecule has 2 aromatic heterocycles. The fourth-order valence-electron chi connectivity index (χ4n) is 2.11. The quantitative estimate of drug-likeness (QED) is 0.593. The fourth-order valence-corrected chi connectivity index (χ4v) is 2.35. The van der Waals surface area contributed by atoms with Crippen LogP contribution >= 0.6 is 11.6 Å². The molecule has 0 aliphatic carbocycles. The molecule has 11 heteroatoms. The Morgan fingerprint density at radius 1 is 1.27 bits per heavy atom. The predicted octanol–water partition coefficient (Wildman–Crippen LogP) is 0.384. The first-order chi connectivity index (χ1) is 12.2. The molecule has 1 atom stereocenters. The lowest BCUT2D eigenvalue weighted by molar-refractivity contribution is -0.124. The van der Waals surface area contributed by atoms with Crippen molar-refractivity contribution in [3.05, 3.63) is 34.4 Å². The summed E-state index contributed by atoms with van der Waals surface area (Å²) in [5.74, 6) is -1.95. The number of hydrogen-bond acceptors (Lipinski definition) is 5. The van der Waals surface area contributed by atoms with Crippen LogP contribution in [0.1, 0.15) is 39.6 Å². The third-order valence-corrected chi connectivity index (χ3v) is 4.24. The van der Waals surface area contributed by atoms with E-state index in [0.29, 0.717) is 5.69 Å². The van der Waals surface area contributed by atoms with E-state index in [4.69, 9.17) is 16.7 Å². The van der Waals surface area contributed by atoms with Gasteiger partial charge < -0.3 is 15.7 Å². The molecule has 0 aliphatic heterocycles. The maximum Gasteiger partial charge on any atom is 0.356 e. The van der Waals surface area contributed by atoms with Gasteiger partial charge in [0.2, 0.25) is 5.91 Å². The molecule has 3 N–H and O–H groups in total. The number of carbonyl (C=O) groups excluding carboxylic acids is 2. The third kappa shape index (κ3) is 4.20. The zero-order valence-electron chi connectivity index (χ0n) is 14.5. The summed E-state index contributed by atoms with van der Waals surface area (Å²) in [6.07, 6.45) is 1.42. The number of halogens is 1. The first kappa shape index (κ1) is 19.4. The molecule has 26 heavy (non-hydrogen) atoms. The van der Waals surface area contributed by atoms with Crippen LogP contribution < -0.4 is 10.6 Å². The molecule has 2 amide bonds. The second-order valence-corrected chi connectivity index (χ2v) is 5.96. The zero-order chi connectivity index (χ0) is 19.4. The van der Waals surface area contributed by atoms with E-state index in [1.165, 1.54) is 21.6 Å². The van der Waals surface area contributed by atoms with Gasteiger partial charge in [-0.1, -0.05) is 11.6 Å². The summed E-state index contributed by atoms with van der Waals surface area (Å²) in [7, 11) is 1.69. The first-order valence-corrected chi connectivity index (χ1v) is 8.13. The number of carboxylic acids is 1. The highest BCUT2D eigenvalue weighted by atomic mass is 35.5. The maximum absolute atomic E-state index is 12.1. The van der Waals surface area contributed by atoms with Crippen molar-refractivity contribution in [2.75, 3.05) is 13.1 Å². The smallest absolute Gasteiger partial charge is 0.356 e. The molecule has 0 aromatic carbocycles. The number of carbonyl (C=O) groups is 3. The monoisotopic (exact) mass is 382 g/mol. The molecule has 0 spiro atoms. The lowest BCUT2D eigenvalue weighted by Crippen LogP contribution is -2.38. The molecule has 0 fully saturated rings. The van der Waals surface area contributed by atoms with Crippen LogP contribution in [0.5, 0.6) is 0 Å². The fraction of sp³-hybridized carbons (Fsp3) is 0.400. The van der Waals surface area contributed by atoms with Crippen LogP contribution in [-0.2, 0) is 11.8 Å². The minimum atomic E-state index is -1.16. The van der Waals surface area contributed by atoms with E-state index in [0.717, 1.165) is 0 Å². The molecule has 0 aliphatic rings. The van der Waals surface area contributed by atoms with Crippen molar-refractivity contribution in [3.63, 3.8) is 0 Å². The molecule has 2 rings (SSSR count). The summed E-state index contributed by atoms with van der Waals surface area (Å²) in [6.45, 7) is 3.70. The van der Waals surface area contributed by atoms with Crippen LogP contribution in [0.4, 0.5) is 0 Å². The van der Waals surface area contributed by atoms with Gasteiger partial charge >= 0.3 is 5.97 Å². The number of hydrogen-bond donors (Lipinski definition) is 3. The first-order valence-electron chi connectivity index (χ1n) is 7.75. The van der Waals surface area contributed by atoms with Gasteiger partial charge in [-0.2, -0.15) is 10.2 Å². The van der Waals surface area contributed by atoms with Gasteiger partial charge in [-0.3, -0.25) is 19.0 Å². The van der Waals surface area contributed by atoms with Gasteiger partial charge in [0.05, 0.1) is 10.7 Å². The Hall–Kier alpha value is -2.88. The van der Waals surface area contributed by atoms with E-state index in [-0.39, 0.29) is 35.4 Å². The SMILES string of the molecule is Cc1c(Cl)c(C(=O)NCCNC(=O)C(C)n2ccc(C(=O)O)n2)nn1C. The summed E-state index contributed by atoms with van der Waals surface area (Å²) in [5, 5.41) is 22.2. The zero-order valence-corrected chi connectivity index (χ0v) is 15.2. The highest BCUT2D eigenvalue weighted by Crippen LogP contribution is 2.18. The molecule has 2 heterocycles. The molecule has 1 unspecified atom stereocenters. The van der Waals surface area contributed by atoms with E-state index in [9.17, 15) is 14.4 Å². The van der Waals surface area contributed by atoms with Crippen molar-refractivity contribution in [3.8, 4) is 0 Å². The summed E-state index contributed by atoms with van der Waals surface area (Å²) in [5.41, 5.74) is 0.669. The number of rotatable bonds is 7.